The van der Waals surface area contributed by atoms with Gasteiger partial charge in [0.25, 0.3) is 0 Å². The SMILES string of the molecule is CN1CC(O)C1N. The molecule has 0 aromatic carbocycles. The van der Waals surface area contributed by atoms with Gasteiger partial charge in [-0.15, -0.1) is 0 Å². The lowest BCUT2D eigenvalue weighted by Gasteiger charge is -2.39. The molecule has 1 fully saturated rings. The molecular weight excluding hydrogens is 92.1 g/mol. The first-order valence-corrected chi connectivity index (χ1v) is 2.35. The molecule has 0 bridgehead atoms. The Labute approximate surface area is 42.7 Å². The number of likely N-dealkylation sites (tertiary alicyclic amines) is 1. The zero-order valence-electron chi connectivity index (χ0n) is 4.33. The van der Waals surface area contributed by atoms with Crippen molar-refractivity contribution in [3.63, 3.8) is 0 Å². The van der Waals surface area contributed by atoms with Gasteiger partial charge in [0.2, 0.25) is 0 Å². The second-order valence-corrected chi connectivity index (χ2v) is 2.00. The van der Waals surface area contributed by atoms with Gasteiger partial charge < -0.3 is 10.8 Å². The first kappa shape index (κ1) is 5.03. The van der Waals surface area contributed by atoms with E-state index in [4.69, 9.17) is 10.8 Å². The van der Waals surface area contributed by atoms with Gasteiger partial charge in [-0.2, -0.15) is 0 Å². The third-order valence-corrected chi connectivity index (χ3v) is 1.38. The molecule has 0 spiro atoms. The van der Waals surface area contributed by atoms with Crippen molar-refractivity contribution in [3.05, 3.63) is 0 Å². The van der Waals surface area contributed by atoms with E-state index in [0.717, 1.165) is 6.54 Å². The molecule has 7 heavy (non-hydrogen) atoms. The van der Waals surface area contributed by atoms with Gasteiger partial charge in [-0.05, 0) is 7.05 Å². The Morgan fingerprint density at radius 3 is 2.43 bits per heavy atom. The summed E-state index contributed by atoms with van der Waals surface area (Å²) in [6.45, 7) is 0.723. The summed E-state index contributed by atoms with van der Waals surface area (Å²) < 4.78 is 0. The molecule has 3 N–H and O–H groups in total. The van der Waals surface area contributed by atoms with Crippen LogP contribution in [0.2, 0.25) is 0 Å². The monoisotopic (exact) mass is 102 g/mol. The van der Waals surface area contributed by atoms with Crippen LogP contribution in [0.15, 0.2) is 0 Å². The van der Waals surface area contributed by atoms with Crippen LogP contribution < -0.4 is 5.73 Å². The lowest BCUT2D eigenvalue weighted by atomic mass is 10.1. The average molecular weight is 102 g/mol. The third kappa shape index (κ3) is 0.627. The maximum atomic E-state index is 8.72. The van der Waals surface area contributed by atoms with Crippen molar-refractivity contribution in [1.82, 2.24) is 4.90 Å². The molecule has 0 aliphatic carbocycles. The number of aliphatic hydroxyl groups is 1. The molecule has 3 nitrogen and oxygen atoms in total. The number of nitrogens with two attached hydrogens (primary N) is 1. The van der Waals surface area contributed by atoms with E-state index in [1.807, 2.05) is 11.9 Å². The molecule has 1 heterocycles. The molecule has 1 aliphatic rings. The van der Waals surface area contributed by atoms with Gasteiger partial charge in [-0.1, -0.05) is 0 Å². The topological polar surface area (TPSA) is 49.5 Å². The van der Waals surface area contributed by atoms with E-state index in [9.17, 15) is 0 Å². The summed E-state index contributed by atoms with van der Waals surface area (Å²) in [7, 11) is 1.89. The summed E-state index contributed by atoms with van der Waals surface area (Å²) in [4.78, 5) is 1.89. The number of hydrogen-bond donors (Lipinski definition) is 2. The number of β-amino-alcohol motifs (C(OH)–C–C–N with tert-alkyl or cyclic N) is 1. The van der Waals surface area contributed by atoms with Gasteiger partial charge in [0, 0.05) is 6.54 Å². The number of rotatable bonds is 0. The standard InChI is InChI=1S/C4H10N2O/c1-6-2-3(7)4(6)5/h3-4,7H,2,5H2,1H3. The van der Waals surface area contributed by atoms with Crippen molar-refractivity contribution in [2.45, 2.75) is 12.3 Å². The Balaban J connectivity index is 2.29. The van der Waals surface area contributed by atoms with Crippen LogP contribution >= 0.6 is 0 Å². The predicted molar refractivity (Wildman–Crippen MR) is 26.6 cm³/mol. The summed E-state index contributed by atoms with van der Waals surface area (Å²) in [5.74, 6) is 0. The summed E-state index contributed by atoms with van der Waals surface area (Å²) in [5, 5.41) is 8.72. The van der Waals surface area contributed by atoms with E-state index < -0.39 is 0 Å². The fraction of sp³-hybridized carbons (Fsp3) is 1.00. The van der Waals surface area contributed by atoms with Crippen LogP contribution in [0.4, 0.5) is 0 Å². The van der Waals surface area contributed by atoms with Crippen LogP contribution in [0.5, 0.6) is 0 Å². The smallest absolute Gasteiger partial charge is 0.0951 e. The largest absolute Gasteiger partial charge is 0.389 e. The number of nitrogens with zero attached hydrogens (tertiary/aromatic N) is 1. The lowest BCUT2D eigenvalue weighted by Crippen LogP contribution is -2.62. The first-order valence-electron chi connectivity index (χ1n) is 2.35. The average Bonchev–Trinajstić information content (AvgIpc) is 1.68. The number of aliphatic hydroxyl groups excluding tert-OH is 1. The molecule has 1 saturated heterocycles. The van der Waals surface area contributed by atoms with Crippen LogP contribution in [0.1, 0.15) is 0 Å². The molecule has 0 saturated carbocycles. The van der Waals surface area contributed by atoms with Crippen LogP contribution in [0.3, 0.4) is 0 Å². The Hall–Kier alpha value is -0.120. The van der Waals surface area contributed by atoms with Crippen molar-refractivity contribution in [2.75, 3.05) is 13.6 Å². The van der Waals surface area contributed by atoms with Crippen molar-refractivity contribution < 1.29 is 5.11 Å². The molecule has 0 amide bonds. The molecule has 0 aromatic heterocycles. The second kappa shape index (κ2) is 1.43. The van der Waals surface area contributed by atoms with Crippen molar-refractivity contribution in [2.24, 2.45) is 5.73 Å². The van der Waals surface area contributed by atoms with E-state index >= 15 is 0 Å². The summed E-state index contributed by atoms with van der Waals surface area (Å²) in [6.07, 6.45) is -0.398. The molecule has 42 valence electrons. The molecule has 1 rings (SSSR count). The highest BCUT2D eigenvalue weighted by molar-refractivity contribution is 4.83. The molecule has 2 atom stereocenters. The van der Waals surface area contributed by atoms with Gasteiger partial charge in [-0.25, -0.2) is 0 Å². The third-order valence-electron chi connectivity index (χ3n) is 1.38. The number of likely N-dealkylation sites (N-methyl/N-ethyl adjacent to an activating group) is 1. The zero-order valence-corrected chi connectivity index (χ0v) is 4.33. The fourth-order valence-corrected chi connectivity index (χ4v) is 0.681. The van der Waals surface area contributed by atoms with Crippen LogP contribution in [0, 0.1) is 0 Å². The second-order valence-electron chi connectivity index (χ2n) is 2.00. The summed E-state index contributed by atoms with van der Waals surface area (Å²) in [6, 6.07) is 0. The first-order chi connectivity index (χ1) is 3.22. The Bertz CT molecular complexity index is 68.1. The van der Waals surface area contributed by atoms with E-state index in [-0.39, 0.29) is 12.3 Å². The van der Waals surface area contributed by atoms with E-state index in [0.29, 0.717) is 0 Å². The minimum Gasteiger partial charge on any atom is -0.389 e. The normalized spacial score (nSPS) is 43.3. The highest BCUT2D eigenvalue weighted by Crippen LogP contribution is 2.08. The Kier molecular flexibility index (Phi) is 1.03. The molecule has 2 unspecified atom stereocenters. The maximum absolute atomic E-state index is 8.72. The van der Waals surface area contributed by atoms with Crippen LogP contribution in [-0.2, 0) is 0 Å². The minimum absolute atomic E-state index is 0.111. The lowest BCUT2D eigenvalue weighted by molar-refractivity contribution is -0.0415. The fourth-order valence-electron chi connectivity index (χ4n) is 0.681. The van der Waals surface area contributed by atoms with E-state index in [1.54, 1.807) is 0 Å². The molecule has 1 aliphatic heterocycles. The molecule has 0 radical (unpaired) electrons. The highest BCUT2D eigenvalue weighted by Gasteiger charge is 2.30. The van der Waals surface area contributed by atoms with Gasteiger partial charge in [0.15, 0.2) is 0 Å². The van der Waals surface area contributed by atoms with Gasteiger partial charge >= 0.3 is 0 Å². The zero-order chi connectivity index (χ0) is 5.44. The van der Waals surface area contributed by atoms with Crippen molar-refractivity contribution in [3.8, 4) is 0 Å². The molecular formula is C4H10N2O. The van der Waals surface area contributed by atoms with Crippen molar-refractivity contribution in [1.29, 1.82) is 0 Å². The van der Waals surface area contributed by atoms with Crippen LogP contribution in [-0.4, -0.2) is 35.9 Å². The molecule has 0 aromatic rings. The minimum atomic E-state index is -0.287. The van der Waals surface area contributed by atoms with E-state index in [2.05, 4.69) is 0 Å². The van der Waals surface area contributed by atoms with Gasteiger partial charge in [0.1, 0.15) is 0 Å². The maximum Gasteiger partial charge on any atom is 0.0951 e. The summed E-state index contributed by atoms with van der Waals surface area (Å²) in [5.41, 5.74) is 5.34. The van der Waals surface area contributed by atoms with Crippen LogP contribution in [0.25, 0.3) is 0 Å². The van der Waals surface area contributed by atoms with Crippen molar-refractivity contribution >= 4 is 0 Å². The summed E-state index contributed by atoms with van der Waals surface area (Å²) >= 11 is 0. The highest BCUT2D eigenvalue weighted by atomic mass is 16.3. The number of hydrogen-bond acceptors (Lipinski definition) is 3. The quantitative estimate of drug-likeness (QED) is 0.394. The Morgan fingerprint density at radius 2 is 2.43 bits per heavy atom. The van der Waals surface area contributed by atoms with E-state index in [1.165, 1.54) is 0 Å². The van der Waals surface area contributed by atoms with Gasteiger partial charge in [-0.3, -0.25) is 4.90 Å². The predicted octanol–water partition coefficient (Wildman–Crippen LogP) is -1.42. The van der Waals surface area contributed by atoms with Gasteiger partial charge in [0.05, 0.1) is 12.3 Å². The molecule has 3 heteroatoms. The Morgan fingerprint density at radius 1 is 1.86 bits per heavy atom.